The number of allylic oxidation sites excluding steroid dienone is 1. The standard InChI is InChI=1S/C32H40N6O3S.C7H9NO/c1-5-7-11-26-15-17-29(6-2)37-30(26)18-14-24(3)33-20-10-21-34-25(4)27-16-19-32(35-22-27)38-36-23-28-12-8-9-13-31(28)42(39,40)41;1-5-6(8)3-2-4-7(5)9/h8-9,12-19,22-23,33-34H,3-7,10-11,20-21H2,1-2H3,(H,35,38)(H,39,40,41);2-4,9H,8H2,1H3/b18-14+,36-23+;. The van der Waals surface area contributed by atoms with Gasteiger partial charge in [-0.15, -0.1) is 0 Å². The van der Waals surface area contributed by atoms with Crippen molar-refractivity contribution in [1.29, 1.82) is 0 Å². The molecule has 2 aromatic carbocycles. The van der Waals surface area contributed by atoms with Crippen molar-refractivity contribution in [2.24, 2.45) is 5.10 Å². The number of unbranched alkanes of at least 4 members (excludes halogenated alkanes) is 1. The summed E-state index contributed by atoms with van der Waals surface area (Å²) in [4.78, 5) is 8.90. The van der Waals surface area contributed by atoms with Gasteiger partial charge in [-0.2, -0.15) is 13.5 Å². The molecule has 270 valence electrons. The number of phenolic OH excluding ortho intramolecular Hbond substituents is 1. The first-order chi connectivity index (χ1) is 24.4. The fourth-order valence-corrected chi connectivity index (χ4v) is 5.32. The van der Waals surface area contributed by atoms with Crippen molar-refractivity contribution in [3.05, 3.63) is 131 Å². The maximum absolute atomic E-state index is 11.5. The number of nitrogen functional groups attached to an aromatic ring is 1. The fraction of sp³-hybridized carbons (Fsp3) is 0.256. The van der Waals surface area contributed by atoms with E-state index in [0.717, 1.165) is 79.1 Å². The molecular weight excluding hydrogens is 663 g/mol. The number of anilines is 2. The molecule has 0 fully saturated rings. The van der Waals surface area contributed by atoms with E-state index in [1.54, 1.807) is 43.5 Å². The van der Waals surface area contributed by atoms with E-state index < -0.39 is 10.1 Å². The number of hydrazone groups is 1. The summed E-state index contributed by atoms with van der Waals surface area (Å²) >= 11 is 0. The summed E-state index contributed by atoms with van der Waals surface area (Å²) < 4.78 is 32.3. The molecule has 51 heavy (non-hydrogen) atoms. The van der Waals surface area contributed by atoms with Crippen molar-refractivity contribution in [3.8, 4) is 5.75 Å². The number of rotatable bonds is 17. The van der Waals surface area contributed by atoms with Gasteiger partial charge in [-0.1, -0.05) is 63.8 Å². The number of aromatic nitrogens is 2. The molecule has 4 aromatic rings. The molecule has 0 aliphatic heterocycles. The van der Waals surface area contributed by atoms with Gasteiger partial charge >= 0.3 is 0 Å². The molecule has 11 nitrogen and oxygen atoms in total. The number of nitrogens with two attached hydrogens (primary N) is 1. The van der Waals surface area contributed by atoms with Crippen LogP contribution in [0.5, 0.6) is 5.75 Å². The van der Waals surface area contributed by atoms with Gasteiger partial charge < -0.3 is 21.5 Å². The highest BCUT2D eigenvalue weighted by atomic mass is 32.2. The maximum atomic E-state index is 11.5. The maximum Gasteiger partial charge on any atom is 0.295 e. The lowest BCUT2D eigenvalue weighted by atomic mass is 10.0. The SMILES string of the molecule is C=C(/C=C/c1nc(CC)ccc1CCCC)NCCCNC(=C)c1ccc(N/N=C/c2ccccc2S(=O)(=O)O)nc1.Cc1c(N)cccc1O. The lowest BCUT2D eigenvalue weighted by molar-refractivity contribution is 0.471. The van der Waals surface area contributed by atoms with E-state index in [-0.39, 0.29) is 16.2 Å². The van der Waals surface area contributed by atoms with Crippen LogP contribution in [0.3, 0.4) is 0 Å². The first-order valence-corrected chi connectivity index (χ1v) is 18.2. The molecule has 7 N–H and O–H groups in total. The van der Waals surface area contributed by atoms with Gasteiger partial charge in [-0.25, -0.2) is 4.98 Å². The highest BCUT2D eigenvalue weighted by Gasteiger charge is 2.13. The van der Waals surface area contributed by atoms with Crippen LogP contribution in [0.25, 0.3) is 11.8 Å². The zero-order valence-electron chi connectivity index (χ0n) is 29.6. The molecule has 0 saturated carbocycles. The second-order valence-corrected chi connectivity index (χ2v) is 13.0. The van der Waals surface area contributed by atoms with Gasteiger partial charge in [0.2, 0.25) is 0 Å². The van der Waals surface area contributed by atoms with Gasteiger partial charge in [0.05, 0.1) is 11.9 Å². The zero-order chi connectivity index (χ0) is 37.2. The van der Waals surface area contributed by atoms with Crippen molar-refractivity contribution in [2.45, 2.75) is 57.8 Å². The van der Waals surface area contributed by atoms with Gasteiger partial charge in [0.15, 0.2) is 0 Å². The molecule has 0 atom stereocenters. The number of phenols is 1. The van der Waals surface area contributed by atoms with Gasteiger partial charge in [-0.05, 0) is 86.7 Å². The smallest absolute Gasteiger partial charge is 0.295 e. The third-order valence-electron chi connectivity index (χ3n) is 7.76. The summed E-state index contributed by atoms with van der Waals surface area (Å²) in [6.45, 7) is 15.8. The number of hydrogen-bond donors (Lipinski definition) is 6. The molecule has 0 saturated heterocycles. The summed E-state index contributed by atoms with van der Waals surface area (Å²) in [5.41, 5.74) is 15.7. The van der Waals surface area contributed by atoms with Crippen LogP contribution in [0.4, 0.5) is 11.5 Å². The van der Waals surface area contributed by atoms with E-state index in [1.807, 2.05) is 12.1 Å². The van der Waals surface area contributed by atoms with Crippen LogP contribution < -0.4 is 21.8 Å². The quantitative estimate of drug-likeness (QED) is 0.0165. The van der Waals surface area contributed by atoms with Crippen molar-refractivity contribution >= 4 is 39.6 Å². The van der Waals surface area contributed by atoms with Crippen LogP contribution in [0.1, 0.15) is 66.8 Å². The highest BCUT2D eigenvalue weighted by molar-refractivity contribution is 7.86. The van der Waals surface area contributed by atoms with Gasteiger partial charge in [0, 0.05) is 58.8 Å². The molecule has 2 heterocycles. The Kier molecular flexibility index (Phi) is 15.9. The number of benzene rings is 2. The molecular formula is C39H49N7O4S. The molecule has 0 aliphatic rings. The minimum atomic E-state index is -4.34. The molecule has 12 heteroatoms. The molecule has 0 amide bonds. The molecule has 0 radical (unpaired) electrons. The first-order valence-electron chi connectivity index (χ1n) is 16.8. The monoisotopic (exact) mass is 711 g/mol. The summed E-state index contributed by atoms with van der Waals surface area (Å²) in [5.74, 6) is 0.729. The van der Waals surface area contributed by atoms with Crippen LogP contribution in [0.2, 0.25) is 0 Å². The molecule has 0 aliphatic carbocycles. The van der Waals surface area contributed by atoms with E-state index in [9.17, 15) is 13.0 Å². The normalized spacial score (nSPS) is 11.2. The summed E-state index contributed by atoms with van der Waals surface area (Å²) in [7, 11) is -4.34. The molecule has 0 bridgehead atoms. The minimum Gasteiger partial charge on any atom is -0.508 e. The van der Waals surface area contributed by atoms with E-state index in [0.29, 0.717) is 11.5 Å². The Morgan fingerprint density at radius 3 is 2.41 bits per heavy atom. The number of aromatic hydroxyl groups is 1. The van der Waals surface area contributed by atoms with Crippen LogP contribution in [0.15, 0.2) is 108 Å². The van der Waals surface area contributed by atoms with E-state index in [2.05, 4.69) is 71.4 Å². The topological polar surface area (TPSA) is 175 Å². The van der Waals surface area contributed by atoms with Crippen molar-refractivity contribution in [1.82, 2.24) is 20.6 Å². The minimum absolute atomic E-state index is 0.219. The van der Waals surface area contributed by atoms with Crippen LogP contribution in [-0.4, -0.2) is 47.3 Å². The van der Waals surface area contributed by atoms with Crippen molar-refractivity contribution in [2.75, 3.05) is 24.2 Å². The number of nitrogens with one attached hydrogen (secondary N) is 3. The Morgan fingerprint density at radius 2 is 1.75 bits per heavy atom. The number of nitrogens with zero attached hydrogens (tertiary/aromatic N) is 3. The average molecular weight is 712 g/mol. The number of hydrogen-bond acceptors (Lipinski definition) is 10. The summed E-state index contributed by atoms with van der Waals surface area (Å²) in [6, 6.07) is 19.0. The zero-order valence-corrected chi connectivity index (χ0v) is 30.4. The van der Waals surface area contributed by atoms with Crippen LogP contribution in [-0.2, 0) is 23.0 Å². The highest BCUT2D eigenvalue weighted by Crippen LogP contribution is 2.20. The predicted molar refractivity (Wildman–Crippen MR) is 209 cm³/mol. The predicted octanol–water partition coefficient (Wildman–Crippen LogP) is 7.12. The lowest BCUT2D eigenvalue weighted by Crippen LogP contribution is -2.20. The molecule has 4 rings (SSSR count). The molecule has 2 aromatic heterocycles. The second-order valence-electron chi connectivity index (χ2n) is 11.7. The Hall–Kier alpha value is -5.46. The Balaban J connectivity index is 0.000000676. The third-order valence-corrected chi connectivity index (χ3v) is 8.68. The summed E-state index contributed by atoms with van der Waals surface area (Å²) in [6.07, 6.45) is 12.1. The Labute approximate surface area is 301 Å². The van der Waals surface area contributed by atoms with Crippen molar-refractivity contribution in [3.63, 3.8) is 0 Å². The summed E-state index contributed by atoms with van der Waals surface area (Å²) in [5, 5.41) is 19.7. The fourth-order valence-electron chi connectivity index (χ4n) is 4.65. The molecule has 0 unspecified atom stereocenters. The Bertz CT molecular complexity index is 1900. The lowest BCUT2D eigenvalue weighted by Gasteiger charge is -2.11. The van der Waals surface area contributed by atoms with Gasteiger partial charge in [0.1, 0.15) is 16.5 Å². The van der Waals surface area contributed by atoms with E-state index in [1.165, 1.54) is 30.0 Å². The van der Waals surface area contributed by atoms with Gasteiger partial charge in [-0.3, -0.25) is 15.0 Å². The average Bonchev–Trinajstić information content (AvgIpc) is 3.12. The van der Waals surface area contributed by atoms with Crippen LogP contribution in [0, 0.1) is 6.92 Å². The first kappa shape index (κ1) is 40.0. The van der Waals surface area contributed by atoms with Crippen LogP contribution >= 0.6 is 0 Å². The largest absolute Gasteiger partial charge is 0.508 e. The number of pyridine rings is 2. The third kappa shape index (κ3) is 13.4. The van der Waals surface area contributed by atoms with Gasteiger partial charge in [0.25, 0.3) is 10.1 Å². The second kappa shape index (κ2) is 20.3. The van der Waals surface area contributed by atoms with E-state index in [4.69, 9.17) is 15.8 Å². The van der Waals surface area contributed by atoms with E-state index >= 15 is 0 Å². The van der Waals surface area contributed by atoms with Crippen molar-refractivity contribution < 1.29 is 18.1 Å². The number of aryl methyl sites for hydroxylation is 2. The Morgan fingerprint density at radius 1 is 0.980 bits per heavy atom. The molecule has 0 spiro atoms.